The molecule has 7 heteroatoms. The van der Waals surface area contributed by atoms with E-state index in [2.05, 4.69) is 15.4 Å². The molecular formula is C17H16Cl2N4O. The summed E-state index contributed by atoms with van der Waals surface area (Å²) in [5, 5.41) is 8.43. The third kappa shape index (κ3) is 3.23. The van der Waals surface area contributed by atoms with E-state index in [1.165, 1.54) is 0 Å². The maximum atomic E-state index is 12.3. The number of aromatic nitrogens is 2. The monoisotopic (exact) mass is 362 g/mol. The van der Waals surface area contributed by atoms with Crippen molar-refractivity contribution in [1.82, 2.24) is 15.1 Å². The van der Waals surface area contributed by atoms with Crippen LogP contribution in [-0.2, 0) is 4.79 Å². The van der Waals surface area contributed by atoms with E-state index in [1.807, 2.05) is 13.0 Å². The predicted molar refractivity (Wildman–Crippen MR) is 95.4 cm³/mol. The van der Waals surface area contributed by atoms with Crippen LogP contribution in [0.5, 0.6) is 0 Å². The van der Waals surface area contributed by atoms with Crippen molar-refractivity contribution in [3.05, 3.63) is 63.5 Å². The van der Waals surface area contributed by atoms with E-state index in [4.69, 9.17) is 23.2 Å². The Morgan fingerprint density at radius 1 is 1.29 bits per heavy atom. The lowest BCUT2D eigenvalue weighted by Gasteiger charge is -2.27. The summed E-state index contributed by atoms with van der Waals surface area (Å²) in [6.07, 6.45) is 4.13. The molecular weight excluding hydrogens is 347 g/mol. The Balaban J connectivity index is 2.16. The number of rotatable bonds is 3. The van der Waals surface area contributed by atoms with Crippen molar-refractivity contribution in [3.63, 3.8) is 0 Å². The minimum atomic E-state index is -0.478. The van der Waals surface area contributed by atoms with Crippen LogP contribution in [0.15, 0.2) is 52.9 Å². The molecule has 1 aliphatic rings. The molecule has 0 aliphatic carbocycles. The van der Waals surface area contributed by atoms with E-state index in [0.717, 1.165) is 11.3 Å². The van der Waals surface area contributed by atoms with Gasteiger partial charge in [-0.1, -0.05) is 30.1 Å². The van der Waals surface area contributed by atoms with Gasteiger partial charge in [-0.15, -0.1) is 0 Å². The predicted octanol–water partition coefficient (Wildman–Crippen LogP) is 3.99. The number of hydrogen-bond acceptors (Lipinski definition) is 4. The third-order valence-corrected chi connectivity index (χ3v) is 4.20. The van der Waals surface area contributed by atoms with E-state index in [-0.39, 0.29) is 5.78 Å². The van der Waals surface area contributed by atoms with Crippen LogP contribution in [0.25, 0.3) is 0 Å². The van der Waals surface area contributed by atoms with E-state index in [9.17, 15) is 4.79 Å². The van der Waals surface area contributed by atoms with Gasteiger partial charge in [-0.3, -0.25) is 4.79 Å². The number of nitrogens with one attached hydrogen (secondary N) is 1. The molecule has 24 heavy (non-hydrogen) atoms. The lowest BCUT2D eigenvalue weighted by atomic mass is 9.93. The Bertz CT molecular complexity index is 820. The summed E-state index contributed by atoms with van der Waals surface area (Å²) in [4.78, 5) is 16.9. The van der Waals surface area contributed by atoms with Crippen molar-refractivity contribution in [1.29, 1.82) is 0 Å². The van der Waals surface area contributed by atoms with Crippen LogP contribution in [0.2, 0.25) is 10.0 Å². The highest BCUT2D eigenvalue weighted by Gasteiger charge is 2.29. The van der Waals surface area contributed by atoms with Crippen LogP contribution in [0, 0.1) is 0 Å². The summed E-state index contributed by atoms with van der Waals surface area (Å²) in [7, 11) is 0. The summed E-state index contributed by atoms with van der Waals surface area (Å²) in [6.45, 7) is 3.53. The molecule has 1 N–H and O–H groups in total. The zero-order chi connectivity index (χ0) is 17.3. The number of halogens is 2. The quantitative estimate of drug-likeness (QED) is 0.897. The first kappa shape index (κ1) is 16.7. The van der Waals surface area contributed by atoms with Gasteiger partial charge in [0, 0.05) is 33.7 Å². The lowest BCUT2D eigenvalue weighted by molar-refractivity contribution is -0.114. The maximum absolute atomic E-state index is 12.3. The molecule has 1 unspecified atom stereocenters. The molecule has 0 spiro atoms. The minimum absolute atomic E-state index is 0.0382. The fourth-order valence-corrected chi connectivity index (χ4v) is 3.30. The first-order valence-corrected chi connectivity index (χ1v) is 8.30. The largest absolute Gasteiger partial charge is 0.328 e. The number of allylic oxidation sites excluding steroid dienone is 1. The Kier molecular flexibility index (Phi) is 4.73. The van der Waals surface area contributed by atoms with Gasteiger partial charge >= 0.3 is 0 Å². The molecule has 0 amide bonds. The second kappa shape index (κ2) is 6.79. The van der Waals surface area contributed by atoms with Gasteiger partial charge in [0.15, 0.2) is 5.78 Å². The normalized spacial score (nSPS) is 17.5. The molecule has 5 nitrogen and oxygen atoms in total. The fourth-order valence-electron chi connectivity index (χ4n) is 2.76. The molecule has 0 fully saturated rings. The summed E-state index contributed by atoms with van der Waals surface area (Å²) in [5.41, 5.74) is 2.21. The molecule has 1 aromatic carbocycles. The van der Waals surface area contributed by atoms with Crippen LogP contribution >= 0.6 is 23.2 Å². The molecule has 124 valence electrons. The molecule has 3 rings (SSSR count). The van der Waals surface area contributed by atoms with E-state index >= 15 is 0 Å². The number of nitrogens with zero attached hydrogens (tertiary/aromatic N) is 3. The summed E-state index contributed by atoms with van der Waals surface area (Å²) >= 11 is 12.3. The average molecular weight is 363 g/mol. The summed E-state index contributed by atoms with van der Waals surface area (Å²) < 4.78 is 1.63. The SMILES string of the molecule is CCC1=C(C(C)=O)C(c2cc(Cl)cc(Cl)c2)N=C(n2cccn2)N1. The van der Waals surface area contributed by atoms with Crippen LogP contribution in [0.3, 0.4) is 0 Å². The molecule has 1 aromatic heterocycles. The van der Waals surface area contributed by atoms with Crippen LogP contribution in [-0.4, -0.2) is 21.5 Å². The van der Waals surface area contributed by atoms with Crippen molar-refractivity contribution >= 4 is 34.9 Å². The van der Waals surface area contributed by atoms with Crippen molar-refractivity contribution < 1.29 is 4.79 Å². The van der Waals surface area contributed by atoms with Crippen molar-refractivity contribution in [2.75, 3.05) is 0 Å². The van der Waals surface area contributed by atoms with Gasteiger partial charge in [-0.2, -0.15) is 5.10 Å². The first-order valence-electron chi connectivity index (χ1n) is 7.54. The van der Waals surface area contributed by atoms with Gasteiger partial charge in [-0.05, 0) is 43.2 Å². The van der Waals surface area contributed by atoms with Crippen molar-refractivity contribution in [2.24, 2.45) is 4.99 Å². The summed E-state index contributed by atoms with van der Waals surface area (Å²) in [5.74, 6) is 0.520. The molecule has 0 saturated heterocycles. The topological polar surface area (TPSA) is 59.3 Å². The molecule has 0 saturated carbocycles. The number of Topliss-reactive ketones (excluding diaryl/α,β-unsaturated/α-hetero) is 1. The molecule has 2 heterocycles. The van der Waals surface area contributed by atoms with Gasteiger partial charge in [0.05, 0.1) is 0 Å². The zero-order valence-corrected chi connectivity index (χ0v) is 14.8. The highest BCUT2D eigenvalue weighted by molar-refractivity contribution is 6.34. The summed E-state index contributed by atoms with van der Waals surface area (Å²) in [6, 6.07) is 6.55. The van der Waals surface area contributed by atoms with Crippen LogP contribution in [0.1, 0.15) is 31.9 Å². The number of carbonyl (C=O) groups is 1. The number of benzene rings is 1. The second-order valence-electron chi connectivity index (χ2n) is 5.44. The van der Waals surface area contributed by atoms with Gasteiger partial charge in [0.25, 0.3) is 0 Å². The number of carbonyl (C=O) groups excluding carboxylic acids is 1. The number of ketones is 1. The Morgan fingerprint density at radius 2 is 2.00 bits per heavy atom. The van der Waals surface area contributed by atoms with E-state index in [0.29, 0.717) is 28.0 Å². The van der Waals surface area contributed by atoms with Crippen LogP contribution in [0.4, 0.5) is 0 Å². The first-order chi connectivity index (χ1) is 11.5. The molecule has 2 aromatic rings. The van der Waals surface area contributed by atoms with E-state index in [1.54, 1.807) is 42.2 Å². The van der Waals surface area contributed by atoms with E-state index < -0.39 is 6.04 Å². The zero-order valence-electron chi connectivity index (χ0n) is 13.3. The van der Waals surface area contributed by atoms with Gasteiger partial charge in [0.2, 0.25) is 5.96 Å². The Labute approximate surface area is 150 Å². The van der Waals surface area contributed by atoms with Gasteiger partial charge in [0.1, 0.15) is 6.04 Å². The third-order valence-electron chi connectivity index (χ3n) is 3.77. The van der Waals surface area contributed by atoms with Crippen LogP contribution < -0.4 is 5.32 Å². The Morgan fingerprint density at radius 3 is 2.54 bits per heavy atom. The highest BCUT2D eigenvalue weighted by Crippen LogP contribution is 2.34. The van der Waals surface area contributed by atoms with Crippen molar-refractivity contribution in [2.45, 2.75) is 26.3 Å². The Hall–Kier alpha value is -2.11. The van der Waals surface area contributed by atoms with Crippen molar-refractivity contribution in [3.8, 4) is 0 Å². The standard InChI is InChI=1S/C17H16Cl2N4O/c1-3-14-15(10(2)24)16(11-7-12(18)9-13(19)8-11)22-17(21-14)23-6-4-5-20-23/h4-9,16H,3H2,1-2H3,(H,21,22). The minimum Gasteiger partial charge on any atom is -0.328 e. The smallest absolute Gasteiger partial charge is 0.224 e. The van der Waals surface area contributed by atoms with Gasteiger partial charge in [-0.25, -0.2) is 9.67 Å². The second-order valence-corrected chi connectivity index (χ2v) is 6.31. The average Bonchev–Trinajstić information content (AvgIpc) is 3.06. The molecule has 0 bridgehead atoms. The van der Waals surface area contributed by atoms with Gasteiger partial charge < -0.3 is 5.32 Å². The lowest BCUT2D eigenvalue weighted by Crippen LogP contribution is -2.36. The molecule has 1 aliphatic heterocycles. The molecule has 0 radical (unpaired) electrons. The number of hydrogen-bond donors (Lipinski definition) is 1. The number of aliphatic imine (C=N–C) groups is 1. The maximum Gasteiger partial charge on any atom is 0.224 e. The fraction of sp³-hybridized carbons (Fsp3) is 0.235. The highest BCUT2D eigenvalue weighted by atomic mass is 35.5. The molecule has 1 atom stereocenters.